The largest absolute Gasteiger partial charge is 0.506 e. The van der Waals surface area contributed by atoms with Crippen molar-refractivity contribution in [2.45, 2.75) is 31.6 Å². The smallest absolute Gasteiger partial charge is 0.286 e. The van der Waals surface area contributed by atoms with Crippen molar-refractivity contribution in [2.24, 2.45) is 9.50 Å². The minimum atomic E-state index is -3.54. The second kappa shape index (κ2) is 7.60. The molecule has 0 aliphatic carbocycles. The van der Waals surface area contributed by atoms with Gasteiger partial charge in [0, 0.05) is 11.1 Å². The van der Waals surface area contributed by atoms with Gasteiger partial charge in [-0.05, 0) is 37.1 Å². The molecule has 4 N–H and O–H groups in total. The van der Waals surface area contributed by atoms with Gasteiger partial charge in [0.05, 0.1) is 11.2 Å². The number of hydrogen-bond donors (Lipinski definition) is 4. The summed E-state index contributed by atoms with van der Waals surface area (Å²) in [6, 6.07) is 13.5. The van der Waals surface area contributed by atoms with Crippen LogP contribution in [0.4, 0.5) is 5.69 Å². The molecule has 3 aromatic rings. The molecule has 1 aromatic heterocycles. The number of aromatic nitrogens is 1. The van der Waals surface area contributed by atoms with Crippen LogP contribution in [0.1, 0.15) is 32.3 Å². The number of fused-ring (bicyclic) bond motifs is 2. The van der Waals surface area contributed by atoms with E-state index in [0.717, 1.165) is 5.71 Å². The van der Waals surface area contributed by atoms with E-state index in [1.165, 1.54) is 4.68 Å². The molecule has 8 nitrogen and oxygen atoms in total. The highest BCUT2D eigenvalue weighted by Crippen LogP contribution is 2.55. The number of rotatable bonds is 4. The Hall–Kier alpha value is -3.14. The Morgan fingerprint density at radius 1 is 1.10 bits per heavy atom. The summed E-state index contributed by atoms with van der Waals surface area (Å²) in [4.78, 5) is 13.6. The summed E-state index contributed by atoms with van der Waals surface area (Å²) in [6.45, 7) is 3.91. The molecule has 0 bridgehead atoms. The van der Waals surface area contributed by atoms with Gasteiger partial charge < -0.3 is 10.4 Å². The number of hydrogen-bond acceptors (Lipinski definition) is 7. The molecule has 9 heteroatoms. The number of anilines is 1. The summed E-state index contributed by atoms with van der Waals surface area (Å²) in [5.74, 6) is -0.405. The molecule has 0 saturated carbocycles. The zero-order valence-corrected chi connectivity index (χ0v) is 17.3. The SMILES string of the molecule is CCC(CC)=Nn1c(=O)c(C2=NS(O)(O)c3ccccc3N2)c(O)c2ccccc21. The van der Waals surface area contributed by atoms with Crippen molar-refractivity contribution in [1.29, 1.82) is 0 Å². The van der Waals surface area contributed by atoms with Gasteiger partial charge in [0.15, 0.2) is 5.84 Å². The fourth-order valence-corrected chi connectivity index (χ4v) is 4.56. The normalized spacial score (nSPS) is 15.7. The molecular weight excluding hydrogens is 404 g/mol. The summed E-state index contributed by atoms with van der Waals surface area (Å²) in [5, 5.41) is 18.8. The van der Waals surface area contributed by atoms with Gasteiger partial charge in [-0.1, -0.05) is 48.9 Å². The van der Waals surface area contributed by atoms with Crippen molar-refractivity contribution < 1.29 is 14.2 Å². The van der Waals surface area contributed by atoms with E-state index in [0.29, 0.717) is 29.4 Å². The molecule has 156 valence electrons. The van der Waals surface area contributed by atoms with Crippen LogP contribution in [0.5, 0.6) is 5.75 Å². The first-order valence-electron chi connectivity index (χ1n) is 9.55. The summed E-state index contributed by atoms with van der Waals surface area (Å²) in [6.07, 6.45) is 1.33. The van der Waals surface area contributed by atoms with E-state index in [1.807, 2.05) is 13.8 Å². The number of aromatic hydroxyl groups is 1. The quantitative estimate of drug-likeness (QED) is 0.454. The number of para-hydroxylation sites is 2. The topological polar surface area (TPSA) is 119 Å². The molecule has 0 atom stereocenters. The number of nitrogens with one attached hydrogen (secondary N) is 1. The average Bonchev–Trinajstić information content (AvgIpc) is 2.74. The number of benzene rings is 2. The molecular formula is C21H22N4O4S. The van der Waals surface area contributed by atoms with Crippen molar-refractivity contribution in [2.75, 3.05) is 5.32 Å². The Morgan fingerprint density at radius 3 is 2.50 bits per heavy atom. The summed E-state index contributed by atoms with van der Waals surface area (Å²) < 4.78 is 26.3. The van der Waals surface area contributed by atoms with E-state index >= 15 is 0 Å². The van der Waals surface area contributed by atoms with Gasteiger partial charge in [-0.2, -0.15) is 9.78 Å². The highest BCUT2D eigenvalue weighted by Gasteiger charge is 2.30. The molecule has 0 fully saturated rings. The van der Waals surface area contributed by atoms with Crippen LogP contribution in [0.2, 0.25) is 0 Å². The number of nitrogens with zero attached hydrogens (tertiary/aromatic N) is 3. The standard InChI is InChI=1S/C21H22N4O4S/c1-3-13(4-2)23-25-16-11-7-5-9-14(16)19(26)18(21(25)27)20-22-15-10-6-8-12-17(15)30(28,29)24-20/h5-12,26,28-29H,3-4H2,1-2H3,(H,22,24). The fraction of sp³-hybridized carbons (Fsp3) is 0.190. The van der Waals surface area contributed by atoms with Crippen LogP contribution in [-0.4, -0.2) is 30.4 Å². The predicted molar refractivity (Wildman–Crippen MR) is 121 cm³/mol. The van der Waals surface area contributed by atoms with Gasteiger partial charge in [0.1, 0.15) is 16.2 Å². The van der Waals surface area contributed by atoms with Gasteiger partial charge in [-0.15, -0.1) is 4.40 Å². The lowest BCUT2D eigenvalue weighted by molar-refractivity contribution is 0.478. The molecule has 2 aromatic carbocycles. The first-order valence-corrected chi connectivity index (χ1v) is 11.1. The van der Waals surface area contributed by atoms with Crippen LogP contribution in [-0.2, 0) is 0 Å². The monoisotopic (exact) mass is 426 g/mol. The first kappa shape index (κ1) is 20.1. The van der Waals surface area contributed by atoms with E-state index in [-0.39, 0.29) is 22.0 Å². The first-order chi connectivity index (χ1) is 14.4. The maximum Gasteiger partial charge on any atom is 0.286 e. The third kappa shape index (κ3) is 3.26. The molecule has 0 saturated heterocycles. The third-order valence-corrected chi connectivity index (χ3v) is 6.36. The van der Waals surface area contributed by atoms with E-state index in [2.05, 4.69) is 14.8 Å². The fourth-order valence-electron chi connectivity index (χ4n) is 3.40. The van der Waals surface area contributed by atoms with Crippen LogP contribution in [0.25, 0.3) is 10.9 Å². The molecule has 0 radical (unpaired) electrons. The highest BCUT2D eigenvalue weighted by atomic mass is 32.3. The van der Waals surface area contributed by atoms with Crippen LogP contribution >= 0.6 is 10.8 Å². The van der Waals surface area contributed by atoms with Gasteiger partial charge in [0.2, 0.25) is 0 Å². The van der Waals surface area contributed by atoms with E-state index in [4.69, 9.17) is 0 Å². The maximum atomic E-state index is 13.4. The lowest BCUT2D eigenvalue weighted by Crippen LogP contribution is -2.31. The molecule has 30 heavy (non-hydrogen) atoms. The van der Waals surface area contributed by atoms with E-state index in [9.17, 15) is 19.0 Å². The number of amidine groups is 1. The van der Waals surface area contributed by atoms with Crippen LogP contribution in [0.15, 0.2) is 67.7 Å². The molecule has 0 unspecified atom stereocenters. The van der Waals surface area contributed by atoms with Crippen molar-refractivity contribution in [3.8, 4) is 5.75 Å². The molecule has 0 spiro atoms. The van der Waals surface area contributed by atoms with E-state index in [1.54, 1.807) is 48.5 Å². The van der Waals surface area contributed by atoms with Crippen molar-refractivity contribution in [1.82, 2.24) is 4.68 Å². The molecule has 1 aliphatic heterocycles. The maximum absolute atomic E-state index is 13.4. The summed E-state index contributed by atoms with van der Waals surface area (Å²) >= 11 is 0. The third-order valence-electron chi connectivity index (χ3n) is 4.98. The van der Waals surface area contributed by atoms with Crippen molar-refractivity contribution >= 4 is 38.9 Å². The minimum Gasteiger partial charge on any atom is -0.506 e. The van der Waals surface area contributed by atoms with E-state index < -0.39 is 16.3 Å². The Kier molecular flexibility index (Phi) is 5.10. The molecule has 4 rings (SSSR count). The molecule has 1 aliphatic rings. The highest BCUT2D eigenvalue weighted by molar-refractivity contribution is 8.23. The van der Waals surface area contributed by atoms with Gasteiger partial charge >= 0.3 is 0 Å². The lowest BCUT2D eigenvalue weighted by Gasteiger charge is -2.34. The minimum absolute atomic E-state index is 0.111. The van der Waals surface area contributed by atoms with Crippen LogP contribution < -0.4 is 10.9 Å². The zero-order chi connectivity index (χ0) is 21.5. The Balaban J connectivity index is 2.03. The lowest BCUT2D eigenvalue weighted by atomic mass is 10.1. The van der Waals surface area contributed by atoms with Crippen molar-refractivity contribution in [3.63, 3.8) is 0 Å². The number of pyridine rings is 1. The van der Waals surface area contributed by atoms with Crippen molar-refractivity contribution in [3.05, 3.63) is 64.4 Å². The Morgan fingerprint density at radius 2 is 1.77 bits per heavy atom. The zero-order valence-electron chi connectivity index (χ0n) is 16.5. The van der Waals surface area contributed by atoms with Gasteiger partial charge in [0.25, 0.3) is 5.56 Å². The second-order valence-corrected chi connectivity index (χ2v) is 8.47. The average molecular weight is 426 g/mol. The molecule has 0 amide bonds. The second-order valence-electron chi connectivity index (χ2n) is 6.81. The van der Waals surface area contributed by atoms with Gasteiger partial charge in [-0.25, -0.2) is 0 Å². The van der Waals surface area contributed by atoms with Crippen LogP contribution in [0, 0.1) is 0 Å². The Bertz CT molecular complexity index is 1260. The summed E-state index contributed by atoms with van der Waals surface area (Å²) in [5.41, 5.74) is 0.899. The van der Waals surface area contributed by atoms with Gasteiger partial charge in [-0.3, -0.25) is 13.9 Å². The summed E-state index contributed by atoms with van der Waals surface area (Å²) in [7, 11) is -3.54. The molecule has 2 heterocycles. The Labute approximate surface area is 174 Å². The van der Waals surface area contributed by atoms with Crippen LogP contribution in [0.3, 0.4) is 0 Å². The predicted octanol–water partition coefficient (Wildman–Crippen LogP) is 4.63.